The Bertz CT molecular complexity index is 886. The van der Waals surface area contributed by atoms with Crippen LogP contribution in [0.25, 0.3) is 6.08 Å². The van der Waals surface area contributed by atoms with Crippen molar-refractivity contribution in [3.63, 3.8) is 0 Å². The minimum Gasteiger partial charge on any atom is -0.496 e. The molecule has 3 rings (SSSR count). The minimum atomic E-state index is -0.672. The zero-order chi connectivity index (χ0) is 17.1. The van der Waals surface area contributed by atoms with Crippen LogP contribution in [-0.2, 0) is 9.53 Å². The second-order valence-corrected chi connectivity index (χ2v) is 4.85. The number of hydrogen-bond acceptors (Lipinski definition) is 6. The highest BCUT2D eigenvalue weighted by molar-refractivity contribution is 6.14. The molecular weight excluding hydrogens is 312 g/mol. The number of ether oxygens (including phenoxy) is 2. The summed E-state index contributed by atoms with van der Waals surface area (Å²) in [6.07, 6.45) is 1.52. The van der Waals surface area contributed by atoms with Crippen molar-refractivity contribution in [2.75, 3.05) is 7.11 Å². The predicted molar refractivity (Wildman–Crippen MR) is 86.7 cm³/mol. The molecule has 0 radical (unpaired) electrons. The number of rotatable bonds is 4. The van der Waals surface area contributed by atoms with E-state index in [1.165, 1.54) is 31.4 Å². The first kappa shape index (κ1) is 15.4. The summed E-state index contributed by atoms with van der Waals surface area (Å²) in [4.78, 5) is 26.7. The summed E-state index contributed by atoms with van der Waals surface area (Å²) in [7, 11) is 1.52. The van der Waals surface area contributed by atoms with Gasteiger partial charge in [0.15, 0.2) is 5.70 Å². The van der Waals surface area contributed by atoms with Crippen LogP contribution < -0.4 is 4.74 Å². The molecule has 24 heavy (non-hydrogen) atoms. The van der Waals surface area contributed by atoms with E-state index in [9.17, 15) is 14.9 Å². The molecule has 0 spiro atoms. The Morgan fingerprint density at radius 2 is 1.88 bits per heavy atom. The molecule has 2 aromatic carbocycles. The van der Waals surface area contributed by atoms with Crippen molar-refractivity contribution in [3.05, 3.63) is 75.5 Å². The van der Waals surface area contributed by atoms with E-state index < -0.39 is 10.9 Å². The van der Waals surface area contributed by atoms with Crippen molar-refractivity contribution in [1.82, 2.24) is 0 Å². The zero-order valence-electron chi connectivity index (χ0n) is 12.6. The Labute approximate surface area is 137 Å². The van der Waals surface area contributed by atoms with Crippen LogP contribution in [0.1, 0.15) is 11.1 Å². The third-order valence-corrected chi connectivity index (χ3v) is 3.38. The number of nitro benzene ring substituents is 1. The van der Waals surface area contributed by atoms with Crippen LogP contribution >= 0.6 is 0 Å². The number of carbonyl (C=O) groups excluding carboxylic acids is 1. The summed E-state index contributed by atoms with van der Waals surface area (Å²) in [5.41, 5.74) is 0.675. The molecule has 0 aliphatic carbocycles. The third kappa shape index (κ3) is 2.87. The lowest BCUT2D eigenvalue weighted by molar-refractivity contribution is -0.385. The molecule has 0 atom stereocenters. The van der Waals surface area contributed by atoms with E-state index in [2.05, 4.69) is 4.99 Å². The van der Waals surface area contributed by atoms with Crippen LogP contribution in [0.4, 0.5) is 5.69 Å². The fourth-order valence-electron chi connectivity index (χ4n) is 2.27. The van der Waals surface area contributed by atoms with Crippen LogP contribution in [0, 0.1) is 10.1 Å². The largest absolute Gasteiger partial charge is 0.496 e. The van der Waals surface area contributed by atoms with Gasteiger partial charge in [0.05, 0.1) is 12.0 Å². The van der Waals surface area contributed by atoms with Gasteiger partial charge in [-0.25, -0.2) is 9.79 Å². The monoisotopic (exact) mass is 324 g/mol. The normalized spacial score (nSPS) is 15.1. The standard InChI is InChI=1S/C17H12N2O5/c1-23-15-9-5-2-6-11(15)10-13-17(20)24-16(18-13)12-7-3-4-8-14(12)19(21)22/h2-10H,1H3/b13-10-. The van der Waals surface area contributed by atoms with Gasteiger partial charge < -0.3 is 9.47 Å². The first-order valence-corrected chi connectivity index (χ1v) is 6.99. The fourth-order valence-corrected chi connectivity index (χ4v) is 2.27. The molecule has 7 nitrogen and oxygen atoms in total. The van der Waals surface area contributed by atoms with E-state index in [0.29, 0.717) is 11.3 Å². The molecule has 1 aliphatic rings. The number of hydrogen-bond donors (Lipinski definition) is 0. The number of benzene rings is 2. The van der Waals surface area contributed by atoms with E-state index in [-0.39, 0.29) is 22.8 Å². The lowest BCUT2D eigenvalue weighted by atomic mass is 10.1. The number of carbonyl (C=O) groups is 1. The molecule has 120 valence electrons. The zero-order valence-corrected chi connectivity index (χ0v) is 12.6. The maximum Gasteiger partial charge on any atom is 0.363 e. The Morgan fingerprint density at radius 1 is 1.17 bits per heavy atom. The topological polar surface area (TPSA) is 91.0 Å². The number of esters is 1. The fraction of sp³-hybridized carbons (Fsp3) is 0.0588. The highest BCUT2D eigenvalue weighted by Gasteiger charge is 2.29. The lowest BCUT2D eigenvalue weighted by Gasteiger charge is -2.03. The molecule has 0 aromatic heterocycles. The van der Waals surface area contributed by atoms with Crippen molar-refractivity contribution >= 4 is 23.6 Å². The van der Waals surface area contributed by atoms with E-state index in [1.54, 1.807) is 30.3 Å². The number of aliphatic imine (C=N–C) groups is 1. The van der Waals surface area contributed by atoms with Crippen LogP contribution in [0.3, 0.4) is 0 Å². The summed E-state index contributed by atoms with van der Waals surface area (Å²) in [5, 5.41) is 11.1. The molecule has 0 N–H and O–H groups in total. The summed E-state index contributed by atoms with van der Waals surface area (Å²) < 4.78 is 10.3. The van der Waals surface area contributed by atoms with Gasteiger partial charge in [0, 0.05) is 11.6 Å². The second kappa shape index (κ2) is 6.33. The van der Waals surface area contributed by atoms with Crippen LogP contribution in [0.5, 0.6) is 5.75 Å². The number of nitro groups is 1. The van der Waals surface area contributed by atoms with Crippen molar-refractivity contribution in [2.24, 2.45) is 4.99 Å². The molecule has 0 fully saturated rings. The molecule has 0 unspecified atom stereocenters. The highest BCUT2D eigenvalue weighted by atomic mass is 16.6. The van der Waals surface area contributed by atoms with Crippen molar-refractivity contribution in [2.45, 2.75) is 0 Å². The molecule has 1 heterocycles. The molecule has 2 aromatic rings. The van der Waals surface area contributed by atoms with Gasteiger partial charge in [0.25, 0.3) is 5.69 Å². The molecule has 0 bridgehead atoms. The predicted octanol–water partition coefficient (Wildman–Crippen LogP) is 2.95. The van der Waals surface area contributed by atoms with Gasteiger partial charge in [-0.05, 0) is 18.2 Å². The van der Waals surface area contributed by atoms with Crippen molar-refractivity contribution in [3.8, 4) is 5.75 Å². The number of nitrogens with zero attached hydrogens (tertiary/aromatic N) is 2. The van der Waals surface area contributed by atoms with E-state index in [0.717, 1.165) is 0 Å². The Balaban J connectivity index is 2.03. The van der Waals surface area contributed by atoms with Crippen LogP contribution in [0.15, 0.2) is 59.2 Å². The van der Waals surface area contributed by atoms with Gasteiger partial charge in [-0.1, -0.05) is 30.3 Å². The summed E-state index contributed by atoms with van der Waals surface area (Å²) in [6.45, 7) is 0. The minimum absolute atomic E-state index is 0.0488. The third-order valence-electron chi connectivity index (χ3n) is 3.38. The van der Waals surface area contributed by atoms with Gasteiger partial charge in [0.1, 0.15) is 11.3 Å². The second-order valence-electron chi connectivity index (χ2n) is 4.85. The van der Waals surface area contributed by atoms with Crippen LogP contribution in [0.2, 0.25) is 0 Å². The molecular formula is C17H12N2O5. The highest BCUT2D eigenvalue weighted by Crippen LogP contribution is 2.27. The Kier molecular flexibility index (Phi) is 4.07. The first-order valence-electron chi connectivity index (χ1n) is 6.99. The van der Waals surface area contributed by atoms with Gasteiger partial charge in [-0.15, -0.1) is 0 Å². The van der Waals surface area contributed by atoms with Crippen LogP contribution in [-0.4, -0.2) is 23.9 Å². The number of methoxy groups -OCH3 is 1. The van der Waals surface area contributed by atoms with Gasteiger partial charge in [-0.2, -0.15) is 0 Å². The first-order chi connectivity index (χ1) is 11.6. The van der Waals surface area contributed by atoms with Crippen molar-refractivity contribution in [1.29, 1.82) is 0 Å². The number of para-hydroxylation sites is 2. The van der Waals surface area contributed by atoms with E-state index >= 15 is 0 Å². The molecule has 1 aliphatic heterocycles. The quantitative estimate of drug-likeness (QED) is 0.373. The van der Waals surface area contributed by atoms with Crippen molar-refractivity contribution < 1.29 is 19.2 Å². The van der Waals surface area contributed by atoms with Gasteiger partial charge in [-0.3, -0.25) is 10.1 Å². The SMILES string of the molecule is COc1ccccc1/C=C1\N=C(c2ccccc2[N+](=O)[O-])OC1=O. The molecule has 0 amide bonds. The molecule has 0 saturated carbocycles. The maximum absolute atomic E-state index is 12.0. The lowest BCUT2D eigenvalue weighted by Crippen LogP contribution is -2.07. The average Bonchev–Trinajstić information content (AvgIpc) is 2.96. The van der Waals surface area contributed by atoms with Gasteiger partial charge >= 0.3 is 5.97 Å². The van der Waals surface area contributed by atoms with E-state index in [1.807, 2.05) is 0 Å². The average molecular weight is 324 g/mol. The number of cyclic esters (lactones) is 1. The summed E-state index contributed by atoms with van der Waals surface area (Å²) >= 11 is 0. The summed E-state index contributed by atoms with van der Waals surface area (Å²) in [6, 6.07) is 13.1. The molecule has 0 saturated heterocycles. The summed E-state index contributed by atoms with van der Waals surface area (Å²) in [5.74, 6) is -0.186. The maximum atomic E-state index is 12.0. The van der Waals surface area contributed by atoms with E-state index in [4.69, 9.17) is 9.47 Å². The van der Waals surface area contributed by atoms with Gasteiger partial charge in [0.2, 0.25) is 5.90 Å². The Hall–Kier alpha value is -3.48. The Morgan fingerprint density at radius 3 is 2.62 bits per heavy atom. The molecule has 7 heteroatoms. The smallest absolute Gasteiger partial charge is 0.363 e.